The van der Waals surface area contributed by atoms with E-state index in [-0.39, 0.29) is 40.3 Å². The van der Waals surface area contributed by atoms with Crippen LogP contribution in [0.25, 0.3) is 21.8 Å². The number of hydrogen-bond acceptors (Lipinski definition) is 9. The number of aromatic nitrogens is 4. The van der Waals surface area contributed by atoms with Gasteiger partial charge in [0.25, 0.3) is 0 Å². The third kappa shape index (κ3) is 5.55. The zero-order valence-electron chi connectivity index (χ0n) is 22.7. The topological polar surface area (TPSA) is 99.5 Å². The number of aliphatic hydroxyl groups is 1. The summed E-state index contributed by atoms with van der Waals surface area (Å²) in [6.45, 7) is 7.53. The highest BCUT2D eigenvalue weighted by atomic mass is 19.1. The lowest BCUT2D eigenvalue weighted by Crippen LogP contribution is -2.33. The summed E-state index contributed by atoms with van der Waals surface area (Å²) < 4.78 is 36.8. The smallest absolute Gasteiger partial charge is 0.229 e. The van der Waals surface area contributed by atoms with Gasteiger partial charge < -0.3 is 25.0 Å². The molecule has 1 unspecified atom stereocenters. The van der Waals surface area contributed by atoms with E-state index in [2.05, 4.69) is 25.2 Å². The fraction of sp³-hybridized carbons (Fsp3) is 0.429. The first kappa shape index (κ1) is 26.9. The molecule has 1 fully saturated rings. The molecule has 0 spiro atoms. The lowest BCUT2D eigenvalue weighted by molar-refractivity contribution is 0.0263. The molecule has 5 rings (SSSR count). The number of ether oxygens (including phenoxy) is 1. The van der Waals surface area contributed by atoms with Gasteiger partial charge in [0.15, 0.2) is 11.6 Å². The van der Waals surface area contributed by atoms with Gasteiger partial charge >= 0.3 is 0 Å². The molecule has 11 heteroatoms. The summed E-state index contributed by atoms with van der Waals surface area (Å²) in [5, 5.41) is 14.0. The maximum absolute atomic E-state index is 15.4. The summed E-state index contributed by atoms with van der Waals surface area (Å²) in [4.78, 5) is 21.7. The minimum absolute atomic E-state index is 0.0861. The van der Waals surface area contributed by atoms with Crippen molar-refractivity contribution in [2.45, 2.75) is 38.9 Å². The zero-order valence-corrected chi connectivity index (χ0v) is 22.7. The van der Waals surface area contributed by atoms with Crippen molar-refractivity contribution in [2.75, 3.05) is 43.9 Å². The molecule has 0 radical (unpaired) electrons. The second kappa shape index (κ2) is 10.5. The van der Waals surface area contributed by atoms with Crippen molar-refractivity contribution < 1.29 is 18.6 Å². The van der Waals surface area contributed by atoms with Gasteiger partial charge in [0.2, 0.25) is 5.88 Å². The quantitative estimate of drug-likeness (QED) is 0.336. The number of nitrogens with zero attached hydrogens (tertiary/aromatic N) is 6. The van der Waals surface area contributed by atoms with Gasteiger partial charge in [0.1, 0.15) is 35.1 Å². The molecule has 2 N–H and O–H groups in total. The molecule has 1 aromatic carbocycles. The molecule has 0 aliphatic carbocycles. The molecule has 1 saturated heterocycles. The molecule has 3 aromatic heterocycles. The molecular formula is C28H33F2N7O2. The van der Waals surface area contributed by atoms with Crippen LogP contribution in [-0.4, -0.2) is 75.4 Å². The second-order valence-corrected chi connectivity index (χ2v) is 10.9. The van der Waals surface area contributed by atoms with Gasteiger partial charge in [-0.2, -0.15) is 4.98 Å². The number of likely N-dealkylation sites (N-methyl/N-ethyl adjacent to an activating group) is 1. The van der Waals surface area contributed by atoms with Crippen LogP contribution >= 0.6 is 0 Å². The number of rotatable bonds is 8. The maximum atomic E-state index is 15.4. The highest BCUT2D eigenvalue weighted by molar-refractivity contribution is 5.97. The monoisotopic (exact) mass is 537 g/mol. The van der Waals surface area contributed by atoms with Gasteiger partial charge in [0.05, 0.1) is 16.6 Å². The second-order valence-electron chi connectivity index (χ2n) is 10.9. The summed E-state index contributed by atoms with van der Waals surface area (Å²) in [6.07, 6.45) is 3.39. The SMILES string of the molecule is C[C@H](CN(C)C)Oc1nc(N2CCC(C(C)(C)O)C2)cc2ncnc(Nc3c(F)cc4ncccc4c3F)c12. The van der Waals surface area contributed by atoms with Crippen LogP contribution in [0.4, 0.5) is 26.1 Å². The molecule has 1 aliphatic rings. The van der Waals surface area contributed by atoms with Crippen LogP contribution in [0.5, 0.6) is 5.88 Å². The Morgan fingerprint density at radius 1 is 1.21 bits per heavy atom. The molecule has 9 nitrogen and oxygen atoms in total. The van der Waals surface area contributed by atoms with Crippen molar-refractivity contribution in [1.29, 1.82) is 0 Å². The molecular weight excluding hydrogens is 504 g/mol. The van der Waals surface area contributed by atoms with Crippen LogP contribution < -0.4 is 15.0 Å². The van der Waals surface area contributed by atoms with E-state index in [1.165, 1.54) is 18.6 Å². The lowest BCUT2D eigenvalue weighted by Gasteiger charge is -2.26. The highest BCUT2D eigenvalue weighted by Crippen LogP contribution is 2.37. The number of pyridine rings is 2. The van der Waals surface area contributed by atoms with Crippen molar-refractivity contribution in [3.8, 4) is 5.88 Å². The van der Waals surface area contributed by atoms with Crippen molar-refractivity contribution in [3.05, 3.63) is 48.4 Å². The third-order valence-electron chi connectivity index (χ3n) is 7.06. The molecule has 4 aromatic rings. The third-order valence-corrected chi connectivity index (χ3v) is 7.06. The molecule has 0 saturated carbocycles. The Morgan fingerprint density at radius 2 is 2.00 bits per heavy atom. The van der Waals surface area contributed by atoms with E-state index < -0.39 is 17.2 Å². The molecule has 0 amide bonds. The summed E-state index contributed by atoms with van der Waals surface area (Å²) >= 11 is 0. The predicted molar refractivity (Wildman–Crippen MR) is 148 cm³/mol. The normalized spacial score (nSPS) is 16.8. The van der Waals surface area contributed by atoms with Crippen molar-refractivity contribution >= 4 is 39.1 Å². The molecule has 206 valence electrons. The van der Waals surface area contributed by atoms with Crippen LogP contribution in [0, 0.1) is 17.6 Å². The Bertz CT molecular complexity index is 1510. The van der Waals surface area contributed by atoms with Crippen LogP contribution in [-0.2, 0) is 0 Å². The standard InChI is InChI=1S/C28H33F2N7O2/c1-16(13-36(4)5)39-27-23-21(12-22(34-27)37-10-8-17(14-37)28(2,3)38)32-15-33-26(23)35-25-19(29)11-20-18(24(25)30)7-6-9-31-20/h6-7,9,11-12,15-17,38H,8,10,13-14H2,1-5H3,(H,32,33,35)/t16-,17?/m1/s1. The fourth-order valence-corrected chi connectivity index (χ4v) is 5.05. The Labute approximate surface area is 225 Å². The minimum atomic E-state index is -0.812. The Morgan fingerprint density at radius 3 is 2.72 bits per heavy atom. The van der Waals surface area contributed by atoms with E-state index in [1.807, 2.05) is 45.8 Å². The lowest BCUT2D eigenvalue weighted by atomic mass is 9.90. The van der Waals surface area contributed by atoms with Gasteiger partial charge in [-0.1, -0.05) is 0 Å². The number of fused-ring (bicyclic) bond motifs is 2. The van der Waals surface area contributed by atoms with Gasteiger partial charge in [0, 0.05) is 49.3 Å². The molecule has 39 heavy (non-hydrogen) atoms. The van der Waals surface area contributed by atoms with E-state index >= 15 is 8.78 Å². The molecule has 1 aliphatic heterocycles. The van der Waals surface area contributed by atoms with Crippen LogP contribution in [0.15, 0.2) is 36.8 Å². The number of halogens is 2. The first-order chi connectivity index (χ1) is 18.5. The Kier molecular flexibility index (Phi) is 7.21. The van der Waals surface area contributed by atoms with E-state index in [4.69, 9.17) is 9.72 Å². The first-order valence-electron chi connectivity index (χ1n) is 13.0. The number of hydrogen-bond donors (Lipinski definition) is 2. The summed E-state index contributed by atoms with van der Waals surface area (Å²) in [6, 6.07) is 6.14. The zero-order chi connectivity index (χ0) is 27.9. The van der Waals surface area contributed by atoms with E-state index in [9.17, 15) is 5.11 Å². The Hall–Kier alpha value is -3.70. The van der Waals surface area contributed by atoms with Gasteiger partial charge in [-0.25, -0.2) is 18.7 Å². The van der Waals surface area contributed by atoms with Crippen LogP contribution in [0.1, 0.15) is 27.2 Å². The first-order valence-corrected chi connectivity index (χ1v) is 13.0. The molecule has 2 atom stereocenters. The Balaban J connectivity index is 1.59. The van der Waals surface area contributed by atoms with E-state index in [0.717, 1.165) is 13.0 Å². The van der Waals surface area contributed by atoms with Crippen molar-refractivity contribution in [2.24, 2.45) is 5.92 Å². The predicted octanol–water partition coefficient (Wildman–Crippen LogP) is 4.52. The number of anilines is 3. The van der Waals surface area contributed by atoms with Gasteiger partial charge in [-0.05, 0) is 53.4 Å². The number of nitrogens with one attached hydrogen (secondary N) is 1. The van der Waals surface area contributed by atoms with E-state index in [1.54, 1.807) is 12.1 Å². The van der Waals surface area contributed by atoms with Gasteiger partial charge in [-0.3, -0.25) is 4.98 Å². The summed E-state index contributed by atoms with van der Waals surface area (Å²) in [7, 11) is 3.89. The molecule has 4 heterocycles. The van der Waals surface area contributed by atoms with Gasteiger partial charge in [-0.15, -0.1) is 0 Å². The summed E-state index contributed by atoms with van der Waals surface area (Å²) in [5.74, 6) is -0.401. The van der Waals surface area contributed by atoms with Crippen LogP contribution in [0.2, 0.25) is 0 Å². The average Bonchev–Trinajstić information content (AvgIpc) is 3.37. The fourth-order valence-electron chi connectivity index (χ4n) is 5.05. The van der Waals surface area contributed by atoms with Crippen LogP contribution in [0.3, 0.4) is 0 Å². The summed E-state index contributed by atoms with van der Waals surface area (Å²) in [5.41, 5.74) is -0.430. The van der Waals surface area contributed by atoms with E-state index in [0.29, 0.717) is 29.8 Å². The minimum Gasteiger partial charge on any atom is -0.473 e. The highest BCUT2D eigenvalue weighted by Gasteiger charge is 2.34. The largest absolute Gasteiger partial charge is 0.473 e. The number of benzene rings is 1. The average molecular weight is 538 g/mol. The van der Waals surface area contributed by atoms with Crippen molar-refractivity contribution in [1.82, 2.24) is 24.8 Å². The van der Waals surface area contributed by atoms with Crippen molar-refractivity contribution in [3.63, 3.8) is 0 Å². The molecule has 0 bridgehead atoms. The maximum Gasteiger partial charge on any atom is 0.229 e.